The van der Waals surface area contributed by atoms with Crippen molar-refractivity contribution in [2.75, 3.05) is 0 Å². The fraction of sp³-hybridized carbons (Fsp3) is 0.0714. The van der Waals surface area contributed by atoms with Crippen LogP contribution in [0, 0.1) is 23.3 Å². The summed E-state index contributed by atoms with van der Waals surface area (Å²) in [5.74, 6) is -4.16. The van der Waals surface area contributed by atoms with Crippen LogP contribution in [-0.2, 0) is 6.54 Å². The maximum absolute atomic E-state index is 13.3. The number of amides is 1. The lowest BCUT2D eigenvalue weighted by Gasteiger charge is -2.07. The van der Waals surface area contributed by atoms with E-state index in [4.69, 9.17) is 0 Å². The Morgan fingerprint density at radius 1 is 0.900 bits per heavy atom. The molecule has 0 saturated carbocycles. The van der Waals surface area contributed by atoms with Crippen LogP contribution in [0.5, 0.6) is 0 Å². The molecule has 0 aliphatic carbocycles. The molecule has 0 atom stereocenters. The predicted molar refractivity (Wildman–Crippen MR) is 63.9 cm³/mol. The summed E-state index contributed by atoms with van der Waals surface area (Å²) in [6, 6.07) is 5.31. The molecular formula is C14H9F4NO. The molecule has 0 aliphatic heterocycles. The van der Waals surface area contributed by atoms with Crippen LogP contribution in [0.4, 0.5) is 17.6 Å². The number of carbonyl (C=O) groups excluding carboxylic acids is 1. The lowest BCUT2D eigenvalue weighted by molar-refractivity contribution is 0.0946. The summed E-state index contributed by atoms with van der Waals surface area (Å²) in [5.41, 5.74) is -0.151. The van der Waals surface area contributed by atoms with Crippen molar-refractivity contribution in [1.29, 1.82) is 0 Å². The molecule has 104 valence electrons. The molecule has 0 spiro atoms. The first-order valence-electron chi connectivity index (χ1n) is 5.64. The van der Waals surface area contributed by atoms with Crippen LogP contribution in [0.3, 0.4) is 0 Å². The smallest absolute Gasteiger partial charge is 0.254 e. The van der Waals surface area contributed by atoms with E-state index in [-0.39, 0.29) is 17.7 Å². The average molecular weight is 283 g/mol. The molecule has 0 aromatic heterocycles. The van der Waals surface area contributed by atoms with Crippen molar-refractivity contribution >= 4 is 5.91 Å². The maximum Gasteiger partial charge on any atom is 0.254 e. The zero-order valence-corrected chi connectivity index (χ0v) is 10.1. The summed E-state index contributed by atoms with van der Waals surface area (Å²) < 4.78 is 51.9. The Kier molecular flexibility index (Phi) is 4.02. The lowest BCUT2D eigenvalue weighted by Crippen LogP contribution is -2.24. The van der Waals surface area contributed by atoms with Crippen molar-refractivity contribution in [3.8, 4) is 0 Å². The fourth-order valence-electron chi connectivity index (χ4n) is 1.66. The molecule has 0 fully saturated rings. The van der Waals surface area contributed by atoms with Gasteiger partial charge < -0.3 is 5.32 Å². The van der Waals surface area contributed by atoms with Crippen LogP contribution < -0.4 is 5.32 Å². The van der Waals surface area contributed by atoms with Gasteiger partial charge in [0.25, 0.3) is 5.91 Å². The molecule has 2 aromatic rings. The quantitative estimate of drug-likeness (QED) is 0.861. The van der Waals surface area contributed by atoms with Crippen LogP contribution in [-0.4, -0.2) is 5.91 Å². The molecule has 0 bridgehead atoms. The van der Waals surface area contributed by atoms with Gasteiger partial charge in [-0.2, -0.15) is 0 Å². The largest absolute Gasteiger partial charge is 0.348 e. The highest BCUT2D eigenvalue weighted by molar-refractivity contribution is 5.94. The van der Waals surface area contributed by atoms with E-state index in [0.717, 1.165) is 24.3 Å². The normalized spacial score (nSPS) is 10.4. The highest BCUT2D eigenvalue weighted by Crippen LogP contribution is 2.11. The number of rotatable bonds is 3. The molecule has 20 heavy (non-hydrogen) atoms. The van der Waals surface area contributed by atoms with Gasteiger partial charge in [-0.05, 0) is 29.8 Å². The first kappa shape index (κ1) is 14.0. The van der Waals surface area contributed by atoms with Crippen LogP contribution in [0.15, 0.2) is 36.4 Å². The number of nitrogens with one attached hydrogen (secondary N) is 1. The molecule has 1 N–H and O–H groups in total. The Morgan fingerprint density at radius 2 is 1.55 bits per heavy atom. The van der Waals surface area contributed by atoms with E-state index in [1.807, 2.05) is 0 Å². The van der Waals surface area contributed by atoms with Crippen LogP contribution in [0.2, 0.25) is 0 Å². The number of benzene rings is 2. The Balaban J connectivity index is 2.08. The van der Waals surface area contributed by atoms with Gasteiger partial charge in [0.2, 0.25) is 0 Å². The van der Waals surface area contributed by atoms with E-state index in [9.17, 15) is 22.4 Å². The second-order valence-electron chi connectivity index (χ2n) is 4.08. The van der Waals surface area contributed by atoms with Gasteiger partial charge in [0.15, 0.2) is 0 Å². The Labute approximate surface area is 112 Å². The third-order valence-electron chi connectivity index (χ3n) is 2.55. The number of carbonyl (C=O) groups is 1. The van der Waals surface area contributed by atoms with Crippen molar-refractivity contribution in [3.63, 3.8) is 0 Å². The molecule has 2 nitrogen and oxygen atoms in total. The van der Waals surface area contributed by atoms with Gasteiger partial charge >= 0.3 is 0 Å². The van der Waals surface area contributed by atoms with Crippen molar-refractivity contribution < 1.29 is 22.4 Å². The summed E-state index contributed by atoms with van der Waals surface area (Å²) in [5, 5.41) is 2.30. The van der Waals surface area contributed by atoms with E-state index in [1.165, 1.54) is 0 Å². The van der Waals surface area contributed by atoms with Gasteiger partial charge in [0, 0.05) is 18.7 Å². The van der Waals surface area contributed by atoms with Crippen LogP contribution >= 0.6 is 0 Å². The van der Waals surface area contributed by atoms with Crippen molar-refractivity contribution in [2.24, 2.45) is 0 Å². The monoisotopic (exact) mass is 283 g/mol. The van der Waals surface area contributed by atoms with Crippen LogP contribution in [0.1, 0.15) is 15.9 Å². The fourth-order valence-corrected chi connectivity index (χ4v) is 1.66. The van der Waals surface area contributed by atoms with E-state index >= 15 is 0 Å². The minimum absolute atomic E-state index is 0.176. The predicted octanol–water partition coefficient (Wildman–Crippen LogP) is 3.17. The topological polar surface area (TPSA) is 29.1 Å². The van der Waals surface area contributed by atoms with Gasteiger partial charge in [-0.3, -0.25) is 4.79 Å². The Morgan fingerprint density at radius 3 is 2.15 bits per heavy atom. The summed E-state index contributed by atoms with van der Waals surface area (Å²) >= 11 is 0. The summed E-state index contributed by atoms with van der Waals surface area (Å²) in [6.07, 6.45) is 0. The van der Waals surface area contributed by atoms with E-state index < -0.39 is 29.2 Å². The van der Waals surface area contributed by atoms with Crippen LogP contribution in [0.25, 0.3) is 0 Å². The molecule has 0 heterocycles. The average Bonchev–Trinajstić information content (AvgIpc) is 2.35. The molecular weight excluding hydrogens is 274 g/mol. The first-order chi connectivity index (χ1) is 9.45. The first-order valence-corrected chi connectivity index (χ1v) is 5.64. The van der Waals surface area contributed by atoms with E-state index in [1.54, 1.807) is 0 Å². The molecule has 0 radical (unpaired) electrons. The van der Waals surface area contributed by atoms with Gasteiger partial charge in [-0.15, -0.1) is 0 Å². The Hall–Kier alpha value is -2.37. The molecule has 2 rings (SSSR count). The molecule has 2 aromatic carbocycles. The molecule has 0 saturated heterocycles. The standard InChI is InChI=1S/C14H9F4NO/c15-9-1-2-12(13(18)6-9)14(20)19-7-8-3-10(16)5-11(17)4-8/h1-6H,7H2,(H,19,20). The summed E-state index contributed by atoms with van der Waals surface area (Å²) in [7, 11) is 0. The third-order valence-corrected chi connectivity index (χ3v) is 2.55. The second-order valence-corrected chi connectivity index (χ2v) is 4.08. The summed E-state index contributed by atoms with van der Waals surface area (Å²) in [4.78, 5) is 11.7. The lowest BCUT2D eigenvalue weighted by atomic mass is 10.1. The van der Waals surface area contributed by atoms with E-state index in [0.29, 0.717) is 12.1 Å². The Bertz CT molecular complexity index is 637. The van der Waals surface area contributed by atoms with Gasteiger partial charge in [0.1, 0.15) is 23.3 Å². The van der Waals surface area contributed by atoms with Crippen molar-refractivity contribution in [3.05, 3.63) is 70.8 Å². The molecule has 0 unspecified atom stereocenters. The van der Waals surface area contributed by atoms with Gasteiger partial charge in [-0.25, -0.2) is 17.6 Å². The van der Waals surface area contributed by atoms with Gasteiger partial charge in [-0.1, -0.05) is 0 Å². The number of halogens is 4. The SMILES string of the molecule is O=C(NCc1cc(F)cc(F)c1)c1ccc(F)cc1F. The zero-order chi connectivity index (χ0) is 14.7. The van der Waals surface area contributed by atoms with Crippen molar-refractivity contribution in [1.82, 2.24) is 5.32 Å². The summed E-state index contributed by atoms with van der Waals surface area (Å²) in [6.45, 7) is -0.176. The molecule has 0 aliphatic rings. The highest BCUT2D eigenvalue weighted by atomic mass is 19.1. The minimum Gasteiger partial charge on any atom is -0.348 e. The number of hydrogen-bond acceptors (Lipinski definition) is 1. The minimum atomic E-state index is -1.01. The molecule has 1 amide bonds. The maximum atomic E-state index is 13.3. The molecule has 6 heteroatoms. The highest BCUT2D eigenvalue weighted by Gasteiger charge is 2.12. The van der Waals surface area contributed by atoms with Gasteiger partial charge in [0.05, 0.1) is 5.56 Å². The third kappa shape index (κ3) is 3.34. The van der Waals surface area contributed by atoms with E-state index in [2.05, 4.69) is 5.32 Å². The second kappa shape index (κ2) is 5.73. The number of hydrogen-bond donors (Lipinski definition) is 1. The van der Waals surface area contributed by atoms with Crippen molar-refractivity contribution in [2.45, 2.75) is 6.54 Å². The zero-order valence-electron chi connectivity index (χ0n) is 10.1.